The minimum absolute atomic E-state index is 0.178. The molecule has 0 fully saturated rings. The van der Waals surface area contributed by atoms with Crippen LogP contribution in [0.15, 0.2) is 72.1 Å². The highest BCUT2D eigenvalue weighted by Crippen LogP contribution is 2.42. The summed E-state index contributed by atoms with van der Waals surface area (Å²) >= 11 is 6.02. The van der Waals surface area contributed by atoms with Gasteiger partial charge in [0.1, 0.15) is 5.01 Å². The minimum Gasteiger partial charge on any atom is -0.322 e. The highest BCUT2D eigenvalue weighted by molar-refractivity contribution is 7.80. The fourth-order valence-electron chi connectivity index (χ4n) is 3.76. The summed E-state index contributed by atoms with van der Waals surface area (Å²) in [5, 5.41) is 3.25. The van der Waals surface area contributed by atoms with Gasteiger partial charge >= 0.3 is 0 Å². The van der Waals surface area contributed by atoms with Crippen LogP contribution in [0.4, 0.5) is 5.69 Å². The lowest BCUT2D eigenvalue weighted by Gasteiger charge is -2.22. The minimum atomic E-state index is -0.458. The number of nitrogens with one attached hydrogen (secondary N) is 1. The van der Waals surface area contributed by atoms with E-state index in [1.807, 2.05) is 24.3 Å². The number of ketones is 2. The van der Waals surface area contributed by atoms with Crippen molar-refractivity contribution in [3.63, 3.8) is 0 Å². The van der Waals surface area contributed by atoms with Gasteiger partial charge in [0.2, 0.25) is 5.91 Å². The van der Waals surface area contributed by atoms with E-state index in [1.165, 1.54) is 11.3 Å². The summed E-state index contributed by atoms with van der Waals surface area (Å²) in [7, 11) is 0. The molecular formula is C24H14N2O3S2. The lowest BCUT2D eigenvalue weighted by Crippen LogP contribution is -2.24. The summed E-state index contributed by atoms with van der Waals surface area (Å²) in [6.07, 6.45) is 1.11. The molecule has 150 valence electrons. The molecule has 0 radical (unpaired) electrons. The summed E-state index contributed by atoms with van der Waals surface area (Å²) in [4.78, 5) is 44.1. The van der Waals surface area contributed by atoms with Crippen LogP contribution in [-0.2, 0) is 4.79 Å². The van der Waals surface area contributed by atoms with Gasteiger partial charge in [0.05, 0.1) is 21.5 Å². The predicted octanol–water partition coefficient (Wildman–Crippen LogP) is 5.15. The van der Waals surface area contributed by atoms with Crippen molar-refractivity contribution in [2.45, 2.75) is 4.90 Å². The smallest absolute Gasteiger partial charge is 0.247 e. The number of rotatable bonds is 3. The monoisotopic (exact) mass is 442 g/mol. The molecule has 4 aromatic rings. The number of nitrogens with zero attached hydrogens (tertiary/aromatic N) is 1. The molecule has 0 atom stereocenters. The Labute approximate surface area is 186 Å². The second-order valence-electron chi connectivity index (χ2n) is 6.95. The number of hydrogen-bond donors (Lipinski definition) is 2. The van der Waals surface area contributed by atoms with Crippen molar-refractivity contribution in [3.05, 3.63) is 89.5 Å². The van der Waals surface area contributed by atoms with E-state index in [4.69, 9.17) is 0 Å². The number of benzene rings is 3. The molecule has 5 rings (SSSR count). The van der Waals surface area contributed by atoms with Crippen molar-refractivity contribution in [2.24, 2.45) is 0 Å². The van der Waals surface area contributed by atoms with Gasteiger partial charge in [-0.2, -0.15) is 0 Å². The quantitative estimate of drug-likeness (QED) is 0.299. The van der Waals surface area contributed by atoms with Gasteiger partial charge in [-0.15, -0.1) is 24.0 Å². The molecule has 1 heterocycles. The number of anilines is 1. The van der Waals surface area contributed by atoms with Crippen molar-refractivity contribution in [2.75, 3.05) is 5.32 Å². The zero-order valence-electron chi connectivity index (χ0n) is 16.0. The van der Waals surface area contributed by atoms with Gasteiger partial charge in [-0.1, -0.05) is 30.8 Å². The van der Waals surface area contributed by atoms with E-state index in [0.717, 1.165) is 16.3 Å². The third kappa shape index (κ3) is 3.01. The molecule has 7 heteroatoms. The third-order valence-corrected chi connectivity index (χ3v) is 6.57. The molecule has 1 aromatic heterocycles. The summed E-state index contributed by atoms with van der Waals surface area (Å²) in [5.41, 5.74) is 2.62. The number of hydrogen-bond acceptors (Lipinski definition) is 6. The van der Waals surface area contributed by atoms with Crippen molar-refractivity contribution >= 4 is 57.3 Å². The van der Waals surface area contributed by atoms with Gasteiger partial charge in [0.25, 0.3) is 0 Å². The van der Waals surface area contributed by atoms with E-state index in [0.29, 0.717) is 15.5 Å². The first-order valence-corrected chi connectivity index (χ1v) is 10.6. The van der Waals surface area contributed by atoms with E-state index >= 15 is 0 Å². The lowest BCUT2D eigenvalue weighted by molar-refractivity contribution is -0.111. The van der Waals surface area contributed by atoms with E-state index in [2.05, 4.69) is 29.5 Å². The fraction of sp³-hybridized carbons (Fsp3) is 0. The number of carbonyl (C=O) groups excluding carboxylic acids is 3. The Morgan fingerprint density at radius 3 is 2.45 bits per heavy atom. The Morgan fingerprint density at radius 2 is 1.68 bits per heavy atom. The van der Waals surface area contributed by atoms with Crippen molar-refractivity contribution in [3.8, 4) is 10.6 Å². The topological polar surface area (TPSA) is 76.1 Å². The SMILES string of the molecule is C=CC(=O)Nc1cccc2c1C(=O)c1ccc(S)c(-c3nc4ccccc4s3)c1C2=O. The first-order valence-electron chi connectivity index (χ1n) is 9.37. The van der Waals surface area contributed by atoms with Crippen molar-refractivity contribution in [1.29, 1.82) is 0 Å². The van der Waals surface area contributed by atoms with Crippen LogP contribution in [-0.4, -0.2) is 22.5 Å². The van der Waals surface area contributed by atoms with Crippen LogP contribution in [0, 0.1) is 0 Å². The lowest BCUT2D eigenvalue weighted by atomic mass is 9.81. The molecule has 5 nitrogen and oxygen atoms in total. The highest BCUT2D eigenvalue weighted by atomic mass is 32.1. The number of fused-ring (bicyclic) bond motifs is 3. The average Bonchev–Trinajstić information content (AvgIpc) is 3.20. The van der Waals surface area contributed by atoms with E-state index in [9.17, 15) is 14.4 Å². The average molecular weight is 443 g/mol. The molecule has 1 aliphatic rings. The number of carbonyl (C=O) groups is 3. The molecule has 0 unspecified atom stereocenters. The number of aromatic nitrogens is 1. The zero-order valence-corrected chi connectivity index (χ0v) is 17.7. The van der Waals surface area contributed by atoms with Crippen molar-refractivity contribution in [1.82, 2.24) is 4.98 Å². The molecule has 0 saturated carbocycles. The molecule has 0 bridgehead atoms. The Hall–Kier alpha value is -3.55. The van der Waals surface area contributed by atoms with Gasteiger partial charge in [-0.3, -0.25) is 14.4 Å². The van der Waals surface area contributed by atoms with Crippen molar-refractivity contribution < 1.29 is 14.4 Å². The third-order valence-electron chi connectivity index (χ3n) is 5.14. The first-order chi connectivity index (χ1) is 15.0. The van der Waals surface area contributed by atoms with Gasteiger partial charge in [0.15, 0.2) is 11.6 Å². The van der Waals surface area contributed by atoms with Crippen LogP contribution < -0.4 is 5.32 Å². The summed E-state index contributed by atoms with van der Waals surface area (Å²) in [5.74, 6) is -1.09. The Bertz CT molecular complexity index is 1420. The Kier molecular flexibility index (Phi) is 4.57. The predicted molar refractivity (Wildman–Crippen MR) is 124 cm³/mol. The summed E-state index contributed by atoms with van der Waals surface area (Å²) in [6.45, 7) is 3.43. The summed E-state index contributed by atoms with van der Waals surface area (Å²) < 4.78 is 0.979. The maximum Gasteiger partial charge on any atom is 0.247 e. The van der Waals surface area contributed by atoms with E-state index in [1.54, 1.807) is 30.3 Å². The van der Waals surface area contributed by atoms with Gasteiger partial charge in [-0.05, 0) is 36.4 Å². The van der Waals surface area contributed by atoms with Crippen LogP contribution in [0.5, 0.6) is 0 Å². The second kappa shape index (κ2) is 7.30. The van der Waals surface area contributed by atoms with Crippen LogP contribution in [0.1, 0.15) is 31.8 Å². The Balaban J connectivity index is 1.74. The molecule has 3 aromatic carbocycles. The maximum absolute atomic E-state index is 13.6. The van der Waals surface area contributed by atoms with Crippen LogP contribution in [0.2, 0.25) is 0 Å². The maximum atomic E-state index is 13.6. The highest BCUT2D eigenvalue weighted by Gasteiger charge is 2.35. The van der Waals surface area contributed by atoms with Gasteiger partial charge in [-0.25, -0.2) is 4.98 Å². The molecule has 0 saturated heterocycles. The zero-order chi connectivity index (χ0) is 21.7. The molecule has 1 N–H and O–H groups in total. The molecule has 0 aliphatic heterocycles. The number of para-hydroxylation sites is 1. The first kappa shape index (κ1) is 19.4. The largest absolute Gasteiger partial charge is 0.322 e. The normalized spacial score (nSPS) is 12.4. The number of amides is 1. The molecular weight excluding hydrogens is 428 g/mol. The van der Waals surface area contributed by atoms with Crippen LogP contribution in [0.3, 0.4) is 0 Å². The van der Waals surface area contributed by atoms with E-state index < -0.39 is 5.91 Å². The van der Waals surface area contributed by atoms with Gasteiger partial charge < -0.3 is 5.32 Å². The number of thiol groups is 1. The van der Waals surface area contributed by atoms with Crippen LogP contribution in [0.25, 0.3) is 20.8 Å². The van der Waals surface area contributed by atoms with Crippen LogP contribution >= 0.6 is 24.0 Å². The standard InChI is InChI=1S/C24H14N2O3S2/c1-2-18(27)25-15-8-5-6-12-19(15)22(28)13-10-11-16(30)21(20(13)23(12)29)24-26-14-7-3-4-9-17(14)31-24/h2-11,30H,1H2,(H,25,27). The summed E-state index contributed by atoms with van der Waals surface area (Å²) in [6, 6.07) is 15.8. The fourth-order valence-corrected chi connectivity index (χ4v) is 5.15. The second-order valence-corrected chi connectivity index (χ2v) is 8.46. The van der Waals surface area contributed by atoms with Gasteiger partial charge in [0, 0.05) is 27.1 Å². The molecule has 0 spiro atoms. The number of thiazole rings is 1. The Morgan fingerprint density at radius 1 is 0.935 bits per heavy atom. The molecule has 1 amide bonds. The molecule has 1 aliphatic carbocycles. The van der Waals surface area contributed by atoms with E-state index in [-0.39, 0.29) is 39.5 Å². The molecule has 31 heavy (non-hydrogen) atoms.